The minimum Gasteiger partial charge on any atom is -0.305 e. The summed E-state index contributed by atoms with van der Waals surface area (Å²) in [4.78, 5) is 11.6. The van der Waals surface area contributed by atoms with Gasteiger partial charge in [-0.05, 0) is 19.1 Å². The molecule has 0 fully saturated rings. The van der Waals surface area contributed by atoms with Crippen molar-refractivity contribution < 1.29 is 18.0 Å². The van der Waals surface area contributed by atoms with Gasteiger partial charge in [0.05, 0.1) is 11.8 Å². The molecular weight excluding hydrogens is 259 g/mol. The third-order valence-electron chi connectivity index (χ3n) is 2.56. The van der Waals surface area contributed by atoms with Gasteiger partial charge >= 0.3 is 11.8 Å². The summed E-state index contributed by atoms with van der Waals surface area (Å²) in [6, 6.07) is 4.25. The fourth-order valence-corrected chi connectivity index (χ4v) is 1.50. The van der Waals surface area contributed by atoms with Crippen molar-refractivity contribution in [1.29, 1.82) is 0 Å². The summed E-state index contributed by atoms with van der Waals surface area (Å²) >= 11 is 0. The fourth-order valence-electron chi connectivity index (χ4n) is 1.50. The van der Waals surface area contributed by atoms with Gasteiger partial charge in [-0.1, -0.05) is 12.1 Å². The monoisotopic (exact) mass is 269 g/mol. The topological polar surface area (TPSA) is 57.8 Å². The number of nitrogens with one attached hydrogen (secondary N) is 2. The molecule has 1 aromatic carbocycles. The van der Waals surface area contributed by atoms with Crippen molar-refractivity contribution in [1.82, 2.24) is 10.2 Å². The molecule has 0 unspecified atom stereocenters. The zero-order valence-corrected chi connectivity index (χ0v) is 9.88. The Hall–Kier alpha value is -2.31. The molecule has 1 heterocycles. The summed E-state index contributed by atoms with van der Waals surface area (Å²) in [5, 5.41) is 7.94. The predicted octanol–water partition coefficient (Wildman–Crippen LogP) is 2.59. The molecule has 0 aliphatic heterocycles. The number of aryl methyl sites for hydroxylation is 1. The number of nitrogens with zero attached hydrogens (tertiary/aromatic N) is 1. The van der Waals surface area contributed by atoms with Crippen LogP contribution in [0.25, 0.3) is 0 Å². The van der Waals surface area contributed by atoms with Crippen molar-refractivity contribution in [3.8, 4) is 0 Å². The van der Waals surface area contributed by atoms with Crippen LogP contribution in [0.4, 0.5) is 19.0 Å². The standard InChI is InChI=1S/C12H10F3N3O/c1-7-6-16-18-10(7)17-11(19)12(14,15)8-4-2-3-5-9(8)13/h2-6H,1H3,(H2,16,17,18,19). The van der Waals surface area contributed by atoms with Crippen LogP contribution in [0.2, 0.25) is 0 Å². The quantitative estimate of drug-likeness (QED) is 0.899. The Morgan fingerprint density at radius 2 is 2.05 bits per heavy atom. The van der Waals surface area contributed by atoms with E-state index in [1.165, 1.54) is 18.3 Å². The van der Waals surface area contributed by atoms with E-state index in [0.29, 0.717) is 5.56 Å². The highest BCUT2D eigenvalue weighted by molar-refractivity contribution is 5.96. The maximum atomic E-state index is 13.8. The number of carbonyl (C=O) groups is 1. The molecule has 0 spiro atoms. The molecule has 1 amide bonds. The molecule has 7 heteroatoms. The van der Waals surface area contributed by atoms with Crippen LogP contribution < -0.4 is 5.32 Å². The molecule has 100 valence electrons. The molecule has 4 nitrogen and oxygen atoms in total. The van der Waals surface area contributed by atoms with E-state index >= 15 is 0 Å². The number of benzene rings is 1. The third kappa shape index (κ3) is 2.44. The molecule has 0 radical (unpaired) electrons. The molecule has 2 rings (SSSR count). The Balaban J connectivity index is 2.27. The van der Waals surface area contributed by atoms with E-state index in [1.54, 1.807) is 6.92 Å². The molecule has 0 aliphatic carbocycles. The number of alkyl halides is 2. The minimum absolute atomic E-state index is 0.0565. The first-order chi connectivity index (χ1) is 8.93. The van der Waals surface area contributed by atoms with Crippen LogP contribution in [0, 0.1) is 12.7 Å². The van der Waals surface area contributed by atoms with E-state index in [4.69, 9.17) is 0 Å². The Bertz CT molecular complexity index is 610. The Morgan fingerprint density at radius 3 is 2.63 bits per heavy atom. The summed E-state index contributed by atoms with van der Waals surface area (Å²) in [6.07, 6.45) is 1.37. The van der Waals surface area contributed by atoms with Crippen molar-refractivity contribution in [3.63, 3.8) is 0 Å². The van der Waals surface area contributed by atoms with E-state index in [9.17, 15) is 18.0 Å². The lowest BCUT2D eigenvalue weighted by Gasteiger charge is -2.16. The number of rotatable bonds is 3. The summed E-state index contributed by atoms with van der Waals surface area (Å²) in [6.45, 7) is 1.58. The molecule has 2 aromatic rings. The second-order valence-corrected chi connectivity index (χ2v) is 3.94. The first-order valence-corrected chi connectivity index (χ1v) is 5.37. The normalized spacial score (nSPS) is 11.4. The van der Waals surface area contributed by atoms with Crippen LogP contribution in [0.15, 0.2) is 30.5 Å². The summed E-state index contributed by atoms with van der Waals surface area (Å²) in [7, 11) is 0. The van der Waals surface area contributed by atoms with Crippen LogP contribution >= 0.6 is 0 Å². The number of halogens is 3. The first kappa shape index (κ1) is 13.1. The number of carbonyl (C=O) groups excluding carboxylic acids is 1. The third-order valence-corrected chi connectivity index (χ3v) is 2.56. The van der Waals surface area contributed by atoms with Gasteiger partial charge in [-0.3, -0.25) is 9.89 Å². The summed E-state index contributed by atoms with van der Waals surface area (Å²) < 4.78 is 41.0. The number of aromatic amines is 1. The Morgan fingerprint density at radius 1 is 1.37 bits per heavy atom. The molecule has 0 bridgehead atoms. The fraction of sp³-hybridized carbons (Fsp3) is 0.167. The van der Waals surface area contributed by atoms with Gasteiger partial charge < -0.3 is 5.32 Å². The van der Waals surface area contributed by atoms with Gasteiger partial charge in [-0.25, -0.2) is 4.39 Å². The van der Waals surface area contributed by atoms with Crippen molar-refractivity contribution in [2.75, 3.05) is 5.32 Å². The van der Waals surface area contributed by atoms with E-state index < -0.39 is 23.2 Å². The molecule has 0 atom stereocenters. The lowest BCUT2D eigenvalue weighted by molar-refractivity contribution is -0.141. The van der Waals surface area contributed by atoms with E-state index in [0.717, 1.165) is 12.1 Å². The largest absolute Gasteiger partial charge is 0.352 e. The molecule has 0 saturated heterocycles. The second-order valence-electron chi connectivity index (χ2n) is 3.94. The number of hydrogen-bond acceptors (Lipinski definition) is 2. The Labute approximate surface area is 106 Å². The van der Waals surface area contributed by atoms with E-state index in [2.05, 4.69) is 10.2 Å². The average molecular weight is 269 g/mol. The van der Waals surface area contributed by atoms with Crippen LogP contribution in [0.3, 0.4) is 0 Å². The number of amides is 1. The van der Waals surface area contributed by atoms with Crippen LogP contribution in [-0.2, 0) is 10.7 Å². The Kier molecular flexibility index (Phi) is 3.28. The number of anilines is 1. The second kappa shape index (κ2) is 4.75. The van der Waals surface area contributed by atoms with E-state index in [-0.39, 0.29) is 5.82 Å². The zero-order chi connectivity index (χ0) is 14.0. The van der Waals surface area contributed by atoms with Crippen molar-refractivity contribution in [2.45, 2.75) is 12.8 Å². The van der Waals surface area contributed by atoms with Crippen molar-refractivity contribution >= 4 is 11.7 Å². The predicted molar refractivity (Wildman–Crippen MR) is 62.2 cm³/mol. The number of aromatic nitrogens is 2. The summed E-state index contributed by atoms with van der Waals surface area (Å²) in [5.74, 6) is -6.67. The van der Waals surface area contributed by atoms with Gasteiger partial charge in [0, 0.05) is 5.56 Å². The van der Waals surface area contributed by atoms with Crippen molar-refractivity contribution in [3.05, 3.63) is 47.4 Å². The maximum Gasteiger partial charge on any atom is 0.352 e. The molecule has 19 heavy (non-hydrogen) atoms. The van der Waals surface area contributed by atoms with Gasteiger partial charge in [0.1, 0.15) is 11.6 Å². The highest BCUT2D eigenvalue weighted by Crippen LogP contribution is 2.31. The molecular formula is C12H10F3N3O. The first-order valence-electron chi connectivity index (χ1n) is 5.37. The smallest absolute Gasteiger partial charge is 0.305 e. The lowest BCUT2D eigenvalue weighted by atomic mass is 10.1. The zero-order valence-electron chi connectivity index (χ0n) is 9.88. The van der Waals surface area contributed by atoms with Gasteiger partial charge in [0.25, 0.3) is 0 Å². The lowest BCUT2D eigenvalue weighted by Crippen LogP contribution is -2.33. The van der Waals surface area contributed by atoms with Crippen LogP contribution in [0.5, 0.6) is 0 Å². The van der Waals surface area contributed by atoms with Gasteiger partial charge in [0.2, 0.25) is 0 Å². The SMILES string of the molecule is Cc1cn[nH]c1NC(=O)C(F)(F)c1ccccc1F. The minimum atomic E-state index is -3.97. The highest BCUT2D eigenvalue weighted by Gasteiger charge is 2.43. The number of hydrogen-bond donors (Lipinski definition) is 2. The van der Waals surface area contributed by atoms with Crippen molar-refractivity contribution in [2.24, 2.45) is 0 Å². The molecule has 0 saturated carbocycles. The number of H-pyrrole nitrogens is 1. The van der Waals surface area contributed by atoms with Gasteiger partial charge in [0.15, 0.2) is 0 Å². The average Bonchev–Trinajstić information content (AvgIpc) is 2.75. The maximum absolute atomic E-state index is 13.8. The molecule has 2 N–H and O–H groups in total. The van der Waals surface area contributed by atoms with Crippen LogP contribution in [-0.4, -0.2) is 16.1 Å². The van der Waals surface area contributed by atoms with E-state index in [1.807, 2.05) is 5.32 Å². The molecule has 0 aliphatic rings. The van der Waals surface area contributed by atoms with Gasteiger partial charge in [-0.15, -0.1) is 0 Å². The summed E-state index contributed by atoms with van der Waals surface area (Å²) in [5.41, 5.74) is -0.470. The van der Waals surface area contributed by atoms with Crippen LogP contribution in [0.1, 0.15) is 11.1 Å². The molecule has 1 aromatic heterocycles. The highest BCUT2D eigenvalue weighted by atomic mass is 19.3. The van der Waals surface area contributed by atoms with Gasteiger partial charge in [-0.2, -0.15) is 13.9 Å².